The molecule has 5 nitrogen and oxygen atoms in total. The van der Waals surface area contributed by atoms with E-state index in [9.17, 15) is 9.59 Å². The fraction of sp³-hybridized carbons (Fsp3) is 0.524. The maximum absolute atomic E-state index is 12.3. The highest BCUT2D eigenvalue weighted by molar-refractivity contribution is 5.88. The number of ether oxygens (including phenoxy) is 1. The van der Waals surface area contributed by atoms with Crippen molar-refractivity contribution in [1.82, 2.24) is 5.32 Å². The van der Waals surface area contributed by atoms with Gasteiger partial charge >= 0.3 is 5.97 Å². The zero-order chi connectivity index (χ0) is 18.7. The van der Waals surface area contributed by atoms with Crippen LogP contribution in [0.4, 0.5) is 0 Å². The van der Waals surface area contributed by atoms with Crippen molar-refractivity contribution >= 4 is 22.8 Å². The molecular formula is C21H27NO4. The number of carbonyl (C=O) groups excluding carboxylic acids is 2. The van der Waals surface area contributed by atoms with Gasteiger partial charge in [0.2, 0.25) is 0 Å². The van der Waals surface area contributed by atoms with Gasteiger partial charge in [-0.2, -0.15) is 0 Å². The van der Waals surface area contributed by atoms with E-state index in [1.807, 2.05) is 25.1 Å². The van der Waals surface area contributed by atoms with Gasteiger partial charge in [0.05, 0.1) is 12.7 Å². The molecule has 0 saturated heterocycles. The Morgan fingerprint density at radius 2 is 2.08 bits per heavy atom. The summed E-state index contributed by atoms with van der Waals surface area (Å²) < 4.78 is 10.9. The van der Waals surface area contributed by atoms with Gasteiger partial charge in [0.25, 0.3) is 5.91 Å². The molecule has 1 N–H and O–H groups in total. The maximum atomic E-state index is 12.3. The van der Waals surface area contributed by atoms with Gasteiger partial charge in [-0.15, -0.1) is 0 Å². The summed E-state index contributed by atoms with van der Waals surface area (Å²) in [5.41, 5.74) is 2.63. The van der Waals surface area contributed by atoms with E-state index in [1.165, 1.54) is 6.42 Å². The number of amides is 1. The highest BCUT2D eigenvalue weighted by Gasteiger charge is 2.26. The minimum absolute atomic E-state index is 0.0908. The summed E-state index contributed by atoms with van der Waals surface area (Å²) >= 11 is 0. The smallest absolute Gasteiger partial charge is 0.311 e. The first kappa shape index (κ1) is 18.5. The number of hydrogen-bond donors (Lipinski definition) is 1. The predicted octanol–water partition coefficient (Wildman–Crippen LogP) is 3.91. The molecule has 1 aliphatic carbocycles. The molecule has 3 unspecified atom stereocenters. The van der Waals surface area contributed by atoms with E-state index in [-0.39, 0.29) is 18.4 Å². The third kappa shape index (κ3) is 4.26. The van der Waals surface area contributed by atoms with E-state index < -0.39 is 12.1 Å². The minimum Gasteiger partial charge on any atom is -0.464 e. The molecule has 1 fully saturated rings. The Morgan fingerprint density at radius 3 is 2.85 bits per heavy atom. The van der Waals surface area contributed by atoms with Crippen molar-refractivity contribution in [3.8, 4) is 0 Å². The lowest BCUT2D eigenvalue weighted by Gasteiger charge is -2.30. The average molecular weight is 357 g/mol. The molecule has 0 radical (unpaired) electrons. The summed E-state index contributed by atoms with van der Waals surface area (Å²) in [5, 5.41) is 3.94. The molecule has 1 saturated carbocycles. The van der Waals surface area contributed by atoms with Crippen LogP contribution in [0.3, 0.4) is 0 Å². The van der Waals surface area contributed by atoms with Crippen LogP contribution in [0.15, 0.2) is 28.9 Å². The van der Waals surface area contributed by atoms with Crippen molar-refractivity contribution in [3.63, 3.8) is 0 Å². The molecule has 1 aromatic heterocycles. The Kier molecular flexibility index (Phi) is 5.64. The molecular weight excluding hydrogens is 330 g/mol. The number of aryl methyl sites for hydroxylation is 1. The second-order valence-electron chi connectivity index (χ2n) is 7.45. The van der Waals surface area contributed by atoms with E-state index in [1.54, 1.807) is 13.2 Å². The van der Waals surface area contributed by atoms with E-state index in [4.69, 9.17) is 9.15 Å². The number of nitrogens with one attached hydrogen (secondary N) is 1. The fourth-order valence-corrected chi connectivity index (χ4v) is 3.61. The molecule has 2 aromatic rings. The van der Waals surface area contributed by atoms with Crippen LogP contribution < -0.4 is 5.32 Å². The lowest BCUT2D eigenvalue weighted by Crippen LogP contribution is -2.46. The number of hydrogen-bond acceptors (Lipinski definition) is 4. The average Bonchev–Trinajstić information content (AvgIpc) is 2.98. The molecule has 140 valence electrons. The summed E-state index contributed by atoms with van der Waals surface area (Å²) in [4.78, 5) is 24.6. The molecule has 0 spiro atoms. The normalized spacial score (nSPS) is 21.3. The monoisotopic (exact) mass is 357 g/mol. The molecule has 1 aromatic carbocycles. The van der Waals surface area contributed by atoms with Crippen LogP contribution in [0.25, 0.3) is 11.0 Å². The van der Waals surface area contributed by atoms with Crippen LogP contribution in [-0.4, -0.2) is 24.0 Å². The third-order valence-electron chi connectivity index (χ3n) is 5.26. The van der Waals surface area contributed by atoms with Crippen molar-refractivity contribution in [3.05, 3.63) is 35.6 Å². The first-order valence-corrected chi connectivity index (χ1v) is 9.40. The molecule has 1 heterocycles. The Labute approximate surface area is 154 Å². The van der Waals surface area contributed by atoms with Gasteiger partial charge in [0.1, 0.15) is 5.58 Å². The van der Waals surface area contributed by atoms with Crippen molar-refractivity contribution < 1.29 is 18.7 Å². The van der Waals surface area contributed by atoms with Crippen molar-refractivity contribution in [1.29, 1.82) is 0 Å². The molecule has 0 bridgehead atoms. The van der Waals surface area contributed by atoms with Crippen LogP contribution >= 0.6 is 0 Å². The summed E-state index contributed by atoms with van der Waals surface area (Å²) in [5.74, 6) is -0.172. The molecule has 3 atom stereocenters. The summed E-state index contributed by atoms with van der Waals surface area (Å²) in [6.45, 7) is 5.77. The Bertz CT molecular complexity index is 794. The number of esters is 1. The van der Waals surface area contributed by atoms with Gasteiger partial charge in [0, 0.05) is 17.0 Å². The second kappa shape index (κ2) is 7.94. The highest BCUT2D eigenvalue weighted by Crippen LogP contribution is 2.24. The lowest BCUT2D eigenvalue weighted by molar-refractivity contribution is -0.154. The maximum Gasteiger partial charge on any atom is 0.311 e. The van der Waals surface area contributed by atoms with Gasteiger partial charge in [-0.1, -0.05) is 31.9 Å². The van der Waals surface area contributed by atoms with Crippen molar-refractivity contribution in [2.24, 2.45) is 5.92 Å². The Morgan fingerprint density at radius 1 is 1.31 bits per heavy atom. The molecule has 26 heavy (non-hydrogen) atoms. The van der Waals surface area contributed by atoms with Crippen molar-refractivity contribution in [2.45, 2.75) is 65.0 Å². The van der Waals surface area contributed by atoms with Gasteiger partial charge in [0.15, 0.2) is 6.10 Å². The quantitative estimate of drug-likeness (QED) is 0.824. The van der Waals surface area contributed by atoms with Crippen LogP contribution in [0.2, 0.25) is 0 Å². The van der Waals surface area contributed by atoms with Gasteiger partial charge < -0.3 is 14.5 Å². The SMILES string of the molecule is Cc1ccc2c(CC(=O)OC(C)C(=O)NC3CCCCC3C)coc2c1. The van der Waals surface area contributed by atoms with Crippen molar-refractivity contribution in [2.75, 3.05) is 0 Å². The number of furan rings is 1. The van der Waals surface area contributed by atoms with E-state index >= 15 is 0 Å². The highest BCUT2D eigenvalue weighted by atomic mass is 16.5. The predicted molar refractivity (Wildman–Crippen MR) is 99.8 cm³/mol. The van der Waals surface area contributed by atoms with E-state index in [0.29, 0.717) is 5.92 Å². The number of fused-ring (bicyclic) bond motifs is 1. The molecule has 0 aliphatic heterocycles. The van der Waals surface area contributed by atoms with Gasteiger partial charge in [-0.3, -0.25) is 9.59 Å². The Hall–Kier alpha value is -2.30. The van der Waals surface area contributed by atoms with Gasteiger partial charge in [-0.25, -0.2) is 0 Å². The zero-order valence-corrected chi connectivity index (χ0v) is 15.7. The summed E-state index contributed by atoms with van der Waals surface area (Å²) in [6, 6.07) is 6.04. The molecule has 1 aliphatic rings. The third-order valence-corrected chi connectivity index (χ3v) is 5.26. The Balaban J connectivity index is 1.55. The fourth-order valence-electron chi connectivity index (χ4n) is 3.61. The number of rotatable bonds is 5. The largest absolute Gasteiger partial charge is 0.464 e. The lowest BCUT2D eigenvalue weighted by atomic mass is 9.86. The van der Waals surface area contributed by atoms with Crippen LogP contribution in [0.1, 0.15) is 50.7 Å². The number of benzene rings is 1. The van der Waals surface area contributed by atoms with E-state index in [0.717, 1.165) is 41.4 Å². The second-order valence-corrected chi connectivity index (χ2v) is 7.45. The first-order chi connectivity index (χ1) is 12.4. The zero-order valence-electron chi connectivity index (χ0n) is 15.7. The van der Waals surface area contributed by atoms with Gasteiger partial charge in [-0.05, 0) is 44.2 Å². The standard InChI is InChI=1S/C21H27NO4/c1-13-8-9-17-16(12-25-19(17)10-13)11-20(23)26-15(3)21(24)22-18-7-5-4-6-14(18)2/h8-10,12,14-15,18H,4-7,11H2,1-3H3,(H,22,24). The van der Waals surface area contributed by atoms with E-state index in [2.05, 4.69) is 12.2 Å². The summed E-state index contributed by atoms with van der Waals surface area (Å²) in [6.07, 6.45) is 5.36. The number of carbonyl (C=O) groups is 2. The molecule has 3 rings (SSSR count). The van der Waals surface area contributed by atoms with Crippen LogP contribution in [0.5, 0.6) is 0 Å². The first-order valence-electron chi connectivity index (χ1n) is 9.40. The summed E-state index contributed by atoms with van der Waals surface area (Å²) in [7, 11) is 0. The topological polar surface area (TPSA) is 68.5 Å². The van der Waals surface area contributed by atoms with Crippen LogP contribution in [0, 0.1) is 12.8 Å². The molecule has 5 heteroatoms. The minimum atomic E-state index is -0.794. The molecule has 1 amide bonds. The van der Waals surface area contributed by atoms with Crippen LogP contribution in [-0.2, 0) is 20.7 Å².